The van der Waals surface area contributed by atoms with Gasteiger partial charge in [-0.2, -0.15) is 0 Å². The van der Waals surface area contributed by atoms with Gasteiger partial charge in [0.15, 0.2) is 5.78 Å². The predicted octanol–water partition coefficient (Wildman–Crippen LogP) is 3.60. The molecule has 1 aliphatic carbocycles. The second-order valence-corrected chi connectivity index (χ2v) is 5.23. The fourth-order valence-corrected chi connectivity index (χ4v) is 2.26. The molecule has 0 saturated heterocycles. The first-order valence-corrected chi connectivity index (χ1v) is 5.76. The van der Waals surface area contributed by atoms with Crippen LogP contribution in [0.4, 0.5) is 0 Å². The highest BCUT2D eigenvalue weighted by Crippen LogP contribution is 2.42. The van der Waals surface area contributed by atoms with Gasteiger partial charge in [0.25, 0.3) is 0 Å². The number of allylic oxidation sites excluding steroid dienone is 3. The van der Waals surface area contributed by atoms with Gasteiger partial charge in [-0.3, -0.25) is 4.79 Å². The van der Waals surface area contributed by atoms with E-state index in [4.69, 9.17) is 5.11 Å². The van der Waals surface area contributed by atoms with Crippen LogP contribution in [-0.4, -0.2) is 10.9 Å². The zero-order valence-electron chi connectivity index (χ0n) is 10.6. The fourth-order valence-electron chi connectivity index (χ4n) is 2.26. The zero-order chi connectivity index (χ0) is 12.3. The van der Waals surface area contributed by atoms with Gasteiger partial charge in [-0.25, -0.2) is 0 Å². The van der Waals surface area contributed by atoms with Gasteiger partial charge < -0.3 is 5.11 Å². The molecule has 2 heteroatoms. The molecule has 89 valence electrons. The number of aliphatic hydroxyl groups is 1. The van der Waals surface area contributed by atoms with Crippen molar-refractivity contribution in [2.75, 3.05) is 0 Å². The van der Waals surface area contributed by atoms with Crippen molar-refractivity contribution in [2.45, 2.75) is 40.5 Å². The van der Waals surface area contributed by atoms with E-state index in [9.17, 15) is 4.79 Å². The topological polar surface area (TPSA) is 37.3 Å². The maximum Gasteiger partial charge on any atom is 0.159 e. The maximum atomic E-state index is 11.6. The molecule has 0 fully saturated rings. The molecule has 0 aliphatic heterocycles. The smallest absolute Gasteiger partial charge is 0.159 e. The maximum absolute atomic E-state index is 11.6. The molecular formula is C14H21O2. The lowest BCUT2D eigenvalue weighted by molar-refractivity contribution is -0.115. The zero-order valence-corrected chi connectivity index (χ0v) is 10.6. The number of Topliss-reactive ketones (excluding diaryl/α,β-unsaturated/α-hetero) is 1. The lowest BCUT2D eigenvalue weighted by Crippen LogP contribution is -2.12. The molecule has 1 radical (unpaired) electrons. The SMILES string of the molecule is CC1=C(C[CH]C(C)C=CO)C(C)(C)CC1=O. The lowest BCUT2D eigenvalue weighted by Gasteiger charge is -2.22. The summed E-state index contributed by atoms with van der Waals surface area (Å²) in [6.07, 6.45) is 6.40. The van der Waals surface area contributed by atoms with Gasteiger partial charge in [-0.1, -0.05) is 26.3 Å². The largest absolute Gasteiger partial charge is 0.516 e. The van der Waals surface area contributed by atoms with E-state index >= 15 is 0 Å². The Kier molecular flexibility index (Phi) is 3.95. The summed E-state index contributed by atoms with van der Waals surface area (Å²) in [6.45, 7) is 8.19. The number of ketones is 1. The molecule has 1 N–H and O–H groups in total. The van der Waals surface area contributed by atoms with Gasteiger partial charge in [-0.15, -0.1) is 0 Å². The summed E-state index contributed by atoms with van der Waals surface area (Å²) >= 11 is 0. The van der Waals surface area contributed by atoms with Crippen molar-refractivity contribution in [3.05, 3.63) is 29.9 Å². The standard InChI is InChI=1S/C14H21O2/c1-10(7-8-15)5-6-12-11(2)13(16)9-14(12,3)4/h5,7-8,10,15H,6,9H2,1-4H3. The first-order valence-electron chi connectivity index (χ1n) is 5.76. The van der Waals surface area contributed by atoms with Crippen LogP contribution in [0.2, 0.25) is 0 Å². The van der Waals surface area contributed by atoms with Gasteiger partial charge in [0, 0.05) is 6.42 Å². The van der Waals surface area contributed by atoms with Gasteiger partial charge in [0.05, 0.1) is 6.26 Å². The van der Waals surface area contributed by atoms with E-state index in [-0.39, 0.29) is 17.1 Å². The second kappa shape index (κ2) is 4.86. The molecule has 1 unspecified atom stereocenters. The number of hydrogen-bond acceptors (Lipinski definition) is 2. The molecule has 1 atom stereocenters. The van der Waals surface area contributed by atoms with E-state index in [1.54, 1.807) is 6.08 Å². The third-order valence-electron chi connectivity index (χ3n) is 3.37. The Morgan fingerprint density at radius 3 is 2.56 bits per heavy atom. The molecule has 0 amide bonds. The summed E-state index contributed by atoms with van der Waals surface area (Å²) in [7, 11) is 0. The van der Waals surface area contributed by atoms with Crippen molar-refractivity contribution in [2.24, 2.45) is 11.3 Å². The summed E-state index contributed by atoms with van der Waals surface area (Å²) in [6, 6.07) is 0. The Balaban J connectivity index is 2.69. The highest BCUT2D eigenvalue weighted by Gasteiger charge is 2.35. The molecule has 0 heterocycles. The Hall–Kier alpha value is -1.05. The van der Waals surface area contributed by atoms with Crippen molar-refractivity contribution in [3.63, 3.8) is 0 Å². The van der Waals surface area contributed by atoms with Crippen LogP contribution in [-0.2, 0) is 4.79 Å². The summed E-state index contributed by atoms with van der Waals surface area (Å²) in [5.74, 6) is 0.510. The molecule has 0 saturated carbocycles. The molecule has 0 aromatic carbocycles. The Bertz CT molecular complexity index is 335. The number of hydrogen-bond donors (Lipinski definition) is 1. The number of aliphatic hydroxyl groups excluding tert-OH is 1. The average Bonchev–Trinajstić information content (AvgIpc) is 2.34. The van der Waals surface area contributed by atoms with Crippen LogP contribution in [0, 0.1) is 17.8 Å². The molecule has 0 aromatic rings. The minimum atomic E-state index is 0.000313. The van der Waals surface area contributed by atoms with Crippen LogP contribution >= 0.6 is 0 Å². The van der Waals surface area contributed by atoms with Crippen LogP contribution in [0.15, 0.2) is 23.5 Å². The molecule has 0 aromatic heterocycles. The number of carbonyl (C=O) groups excluding carboxylic acids is 1. The van der Waals surface area contributed by atoms with E-state index in [0.29, 0.717) is 6.42 Å². The lowest BCUT2D eigenvalue weighted by atomic mass is 9.82. The van der Waals surface area contributed by atoms with Gasteiger partial charge >= 0.3 is 0 Å². The van der Waals surface area contributed by atoms with Crippen LogP contribution in [0.25, 0.3) is 0 Å². The normalized spacial score (nSPS) is 22.1. The van der Waals surface area contributed by atoms with Crippen molar-refractivity contribution in [1.82, 2.24) is 0 Å². The highest BCUT2D eigenvalue weighted by molar-refractivity contribution is 5.99. The third kappa shape index (κ3) is 2.75. The van der Waals surface area contributed by atoms with Crippen molar-refractivity contribution < 1.29 is 9.90 Å². The van der Waals surface area contributed by atoms with Crippen LogP contribution in [0.5, 0.6) is 0 Å². The quantitative estimate of drug-likeness (QED) is 0.736. The molecule has 0 bridgehead atoms. The highest BCUT2D eigenvalue weighted by atomic mass is 16.2. The van der Waals surface area contributed by atoms with Gasteiger partial charge in [0.1, 0.15) is 0 Å². The summed E-state index contributed by atoms with van der Waals surface area (Å²) in [5, 5.41) is 8.66. The summed E-state index contributed by atoms with van der Waals surface area (Å²) in [4.78, 5) is 11.6. The van der Waals surface area contributed by atoms with E-state index in [2.05, 4.69) is 20.3 Å². The molecular weight excluding hydrogens is 200 g/mol. The Labute approximate surface area is 98.1 Å². The van der Waals surface area contributed by atoms with Crippen LogP contribution < -0.4 is 0 Å². The van der Waals surface area contributed by atoms with Crippen molar-refractivity contribution in [3.8, 4) is 0 Å². The summed E-state index contributed by atoms with van der Waals surface area (Å²) in [5.41, 5.74) is 2.18. The number of rotatable bonds is 4. The molecule has 0 spiro atoms. The average molecular weight is 221 g/mol. The van der Waals surface area contributed by atoms with Crippen LogP contribution in [0.3, 0.4) is 0 Å². The minimum Gasteiger partial charge on any atom is -0.516 e. The Morgan fingerprint density at radius 1 is 1.50 bits per heavy atom. The number of carbonyl (C=O) groups is 1. The van der Waals surface area contributed by atoms with Gasteiger partial charge in [0.2, 0.25) is 0 Å². The van der Waals surface area contributed by atoms with Crippen molar-refractivity contribution >= 4 is 5.78 Å². The Morgan fingerprint density at radius 2 is 2.12 bits per heavy atom. The van der Waals surface area contributed by atoms with Crippen LogP contribution in [0.1, 0.15) is 40.5 Å². The predicted molar refractivity (Wildman–Crippen MR) is 66.0 cm³/mol. The molecule has 1 aliphatic rings. The first-order chi connectivity index (χ1) is 7.38. The second-order valence-electron chi connectivity index (χ2n) is 5.23. The fraction of sp³-hybridized carbons (Fsp3) is 0.571. The first kappa shape index (κ1) is 13.0. The van der Waals surface area contributed by atoms with E-state index in [1.807, 2.05) is 13.8 Å². The van der Waals surface area contributed by atoms with E-state index < -0.39 is 0 Å². The molecule has 1 rings (SSSR count). The molecule has 2 nitrogen and oxygen atoms in total. The third-order valence-corrected chi connectivity index (χ3v) is 3.37. The van der Waals surface area contributed by atoms with E-state index in [0.717, 1.165) is 18.3 Å². The monoisotopic (exact) mass is 221 g/mol. The van der Waals surface area contributed by atoms with Crippen molar-refractivity contribution in [1.29, 1.82) is 0 Å². The minimum absolute atomic E-state index is 0.000313. The van der Waals surface area contributed by atoms with Gasteiger partial charge in [-0.05, 0) is 42.7 Å². The van der Waals surface area contributed by atoms with E-state index in [1.165, 1.54) is 5.57 Å². The summed E-state index contributed by atoms with van der Waals surface area (Å²) < 4.78 is 0. The molecule has 16 heavy (non-hydrogen) atoms.